The van der Waals surface area contributed by atoms with Crippen LogP contribution in [-0.4, -0.2) is 51.5 Å². The van der Waals surface area contributed by atoms with E-state index in [0.29, 0.717) is 0 Å². The van der Waals surface area contributed by atoms with Gasteiger partial charge in [0, 0.05) is 38.9 Å². The van der Waals surface area contributed by atoms with E-state index in [2.05, 4.69) is 46.4 Å². The zero-order valence-corrected chi connectivity index (χ0v) is 17.5. The Hall–Kier alpha value is -3.44. The highest BCUT2D eigenvalue weighted by Gasteiger charge is 2.29. The standard InChI is InChI=1S/C26H26N4O/c31-26(25(21-9-3-1-4-10-21)22-11-5-2-6-12-22)29-17-15-28(16-18-29)20-23-19-24-13-7-8-14-30(24)27-23/h1-14,19,25H,15-18,20H2. The van der Waals surface area contributed by atoms with Gasteiger partial charge in [0.25, 0.3) is 0 Å². The van der Waals surface area contributed by atoms with Crippen molar-refractivity contribution in [2.24, 2.45) is 0 Å². The summed E-state index contributed by atoms with van der Waals surface area (Å²) in [5.74, 6) is -0.0721. The van der Waals surface area contributed by atoms with Crippen LogP contribution in [0.3, 0.4) is 0 Å². The number of hydrogen-bond acceptors (Lipinski definition) is 3. The van der Waals surface area contributed by atoms with Gasteiger partial charge in [0.2, 0.25) is 5.91 Å². The van der Waals surface area contributed by atoms with Crippen LogP contribution in [0.4, 0.5) is 0 Å². The summed E-state index contributed by atoms with van der Waals surface area (Å²) in [4.78, 5) is 18.0. The molecule has 31 heavy (non-hydrogen) atoms. The van der Waals surface area contributed by atoms with Crippen LogP contribution in [0.2, 0.25) is 0 Å². The lowest BCUT2D eigenvalue weighted by Gasteiger charge is -2.36. The van der Waals surface area contributed by atoms with Crippen LogP contribution < -0.4 is 0 Å². The van der Waals surface area contributed by atoms with Crippen LogP contribution in [0.5, 0.6) is 0 Å². The molecule has 5 heteroatoms. The fourth-order valence-electron chi connectivity index (χ4n) is 4.37. The topological polar surface area (TPSA) is 40.9 Å². The number of carbonyl (C=O) groups is 1. The first-order valence-electron chi connectivity index (χ1n) is 10.8. The van der Waals surface area contributed by atoms with Gasteiger partial charge in [-0.2, -0.15) is 5.10 Å². The third-order valence-corrected chi connectivity index (χ3v) is 6.00. The Kier molecular flexibility index (Phi) is 5.50. The van der Waals surface area contributed by atoms with E-state index >= 15 is 0 Å². The summed E-state index contributed by atoms with van der Waals surface area (Å²) in [5, 5.41) is 4.66. The zero-order chi connectivity index (χ0) is 21.0. The van der Waals surface area contributed by atoms with Gasteiger partial charge in [0.1, 0.15) is 0 Å². The molecule has 0 aliphatic carbocycles. The molecule has 1 amide bonds. The molecule has 0 spiro atoms. The summed E-state index contributed by atoms with van der Waals surface area (Å²) in [7, 11) is 0. The van der Waals surface area contributed by atoms with Crippen molar-refractivity contribution in [3.63, 3.8) is 0 Å². The number of rotatable bonds is 5. The monoisotopic (exact) mass is 410 g/mol. The number of hydrogen-bond donors (Lipinski definition) is 0. The van der Waals surface area contributed by atoms with Crippen LogP contribution >= 0.6 is 0 Å². The van der Waals surface area contributed by atoms with Crippen molar-refractivity contribution in [2.45, 2.75) is 12.5 Å². The van der Waals surface area contributed by atoms with Crippen molar-refractivity contribution in [3.8, 4) is 0 Å². The third kappa shape index (κ3) is 4.23. The van der Waals surface area contributed by atoms with Crippen LogP contribution in [0.1, 0.15) is 22.7 Å². The van der Waals surface area contributed by atoms with Crippen LogP contribution in [0.25, 0.3) is 5.52 Å². The van der Waals surface area contributed by atoms with E-state index in [1.165, 1.54) is 0 Å². The molecule has 5 rings (SSSR count). The van der Waals surface area contributed by atoms with E-state index in [-0.39, 0.29) is 11.8 Å². The van der Waals surface area contributed by atoms with E-state index in [1.807, 2.05) is 64.1 Å². The maximum absolute atomic E-state index is 13.6. The van der Waals surface area contributed by atoms with Crippen molar-refractivity contribution >= 4 is 11.4 Å². The van der Waals surface area contributed by atoms with Crippen molar-refractivity contribution in [2.75, 3.05) is 26.2 Å². The molecule has 0 N–H and O–H groups in total. The molecule has 0 saturated carbocycles. The highest BCUT2D eigenvalue weighted by atomic mass is 16.2. The predicted octanol–water partition coefficient (Wildman–Crippen LogP) is 3.81. The lowest BCUT2D eigenvalue weighted by Crippen LogP contribution is -2.49. The SMILES string of the molecule is O=C(C(c1ccccc1)c1ccccc1)N1CCN(Cc2cc3ccccn3n2)CC1. The molecule has 0 unspecified atom stereocenters. The first kappa shape index (κ1) is 19.5. The van der Waals surface area contributed by atoms with Crippen LogP contribution in [0.15, 0.2) is 91.1 Å². The third-order valence-electron chi connectivity index (χ3n) is 6.00. The van der Waals surface area contributed by atoms with E-state index in [9.17, 15) is 4.79 Å². The minimum absolute atomic E-state index is 0.185. The van der Waals surface area contributed by atoms with Gasteiger partial charge in [-0.1, -0.05) is 66.7 Å². The summed E-state index contributed by atoms with van der Waals surface area (Å²) >= 11 is 0. The van der Waals surface area contributed by atoms with Crippen molar-refractivity contribution in [1.29, 1.82) is 0 Å². The molecule has 1 aliphatic heterocycles. The lowest BCUT2D eigenvalue weighted by atomic mass is 9.90. The average Bonchev–Trinajstić information content (AvgIpc) is 3.23. The molecule has 5 nitrogen and oxygen atoms in total. The highest BCUT2D eigenvalue weighted by Crippen LogP contribution is 2.27. The molecule has 4 aromatic rings. The second-order valence-corrected chi connectivity index (χ2v) is 8.06. The number of piperazine rings is 1. The Labute approximate surface area is 182 Å². The molecule has 1 fully saturated rings. The molecule has 0 atom stereocenters. The highest BCUT2D eigenvalue weighted by molar-refractivity contribution is 5.87. The fourth-order valence-corrected chi connectivity index (χ4v) is 4.37. The summed E-state index contributed by atoms with van der Waals surface area (Å²) in [6.45, 7) is 4.00. The number of nitrogens with zero attached hydrogens (tertiary/aromatic N) is 4. The smallest absolute Gasteiger partial charge is 0.234 e. The van der Waals surface area contributed by atoms with Crippen molar-refractivity contribution < 1.29 is 4.79 Å². The summed E-state index contributed by atoms with van der Waals surface area (Å²) in [6.07, 6.45) is 1.97. The molecular formula is C26H26N4O. The van der Waals surface area contributed by atoms with Gasteiger partial charge >= 0.3 is 0 Å². The minimum Gasteiger partial charge on any atom is -0.339 e. The number of pyridine rings is 1. The molecule has 2 aromatic heterocycles. The zero-order valence-electron chi connectivity index (χ0n) is 17.5. The quantitative estimate of drug-likeness (QED) is 0.502. The summed E-state index contributed by atoms with van der Waals surface area (Å²) in [5.41, 5.74) is 4.27. The predicted molar refractivity (Wildman–Crippen MR) is 122 cm³/mol. The van der Waals surface area contributed by atoms with Gasteiger partial charge in [-0.15, -0.1) is 0 Å². The van der Waals surface area contributed by atoms with E-state index < -0.39 is 0 Å². The first-order valence-corrected chi connectivity index (χ1v) is 10.8. The maximum atomic E-state index is 13.6. The molecule has 1 aliphatic rings. The summed E-state index contributed by atoms with van der Waals surface area (Å²) in [6, 6.07) is 28.4. The van der Waals surface area contributed by atoms with Crippen molar-refractivity contribution in [1.82, 2.24) is 19.4 Å². The van der Waals surface area contributed by atoms with E-state index in [1.54, 1.807) is 0 Å². The van der Waals surface area contributed by atoms with Crippen molar-refractivity contribution in [3.05, 3.63) is 108 Å². The maximum Gasteiger partial charge on any atom is 0.234 e. The number of carbonyl (C=O) groups excluding carboxylic acids is 1. The van der Waals surface area contributed by atoms with Crippen LogP contribution in [-0.2, 0) is 11.3 Å². The van der Waals surface area contributed by atoms with Gasteiger partial charge in [-0.3, -0.25) is 9.69 Å². The molecule has 1 saturated heterocycles. The average molecular weight is 411 g/mol. The largest absolute Gasteiger partial charge is 0.339 e. The number of amides is 1. The Morgan fingerprint density at radius 3 is 2.03 bits per heavy atom. The number of fused-ring (bicyclic) bond motifs is 1. The molecule has 156 valence electrons. The first-order chi connectivity index (χ1) is 15.3. The molecular weight excluding hydrogens is 384 g/mol. The van der Waals surface area contributed by atoms with Gasteiger partial charge in [0.15, 0.2) is 0 Å². The molecule has 3 heterocycles. The van der Waals surface area contributed by atoms with Crippen LogP contribution in [0, 0.1) is 0 Å². The Morgan fingerprint density at radius 2 is 1.42 bits per heavy atom. The Bertz CT molecular complexity index is 1080. The van der Waals surface area contributed by atoms with E-state index in [4.69, 9.17) is 0 Å². The van der Waals surface area contributed by atoms with E-state index in [0.717, 1.165) is 55.1 Å². The molecule has 2 aromatic carbocycles. The minimum atomic E-state index is -0.257. The number of aromatic nitrogens is 2. The molecule has 0 bridgehead atoms. The fraction of sp³-hybridized carbons (Fsp3) is 0.231. The second-order valence-electron chi connectivity index (χ2n) is 8.06. The normalized spacial score (nSPS) is 14.9. The Morgan fingerprint density at radius 1 is 0.806 bits per heavy atom. The molecule has 0 radical (unpaired) electrons. The lowest BCUT2D eigenvalue weighted by molar-refractivity contribution is -0.133. The number of benzene rings is 2. The Balaban J connectivity index is 1.28. The second kappa shape index (κ2) is 8.74. The van der Waals surface area contributed by atoms with Gasteiger partial charge in [-0.25, -0.2) is 4.52 Å². The van der Waals surface area contributed by atoms with Gasteiger partial charge in [-0.05, 0) is 29.3 Å². The summed E-state index contributed by atoms with van der Waals surface area (Å²) < 4.78 is 1.92. The van der Waals surface area contributed by atoms with Gasteiger partial charge in [0.05, 0.1) is 17.1 Å². The van der Waals surface area contributed by atoms with Gasteiger partial charge < -0.3 is 4.90 Å².